The van der Waals surface area contributed by atoms with Crippen LogP contribution in [0, 0.1) is 11.3 Å². The van der Waals surface area contributed by atoms with E-state index in [2.05, 4.69) is 0 Å². The Morgan fingerprint density at radius 3 is 2.35 bits per heavy atom. The van der Waals surface area contributed by atoms with Crippen LogP contribution in [0.15, 0.2) is 24.3 Å². The van der Waals surface area contributed by atoms with Crippen molar-refractivity contribution in [2.45, 2.75) is 11.9 Å². The van der Waals surface area contributed by atoms with Crippen LogP contribution in [0.2, 0.25) is 0 Å². The second kappa shape index (κ2) is 5.77. The molecule has 0 fully saturated rings. The molecule has 1 aromatic carbocycles. The van der Waals surface area contributed by atoms with Crippen LogP contribution in [0.4, 0.5) is 0 Å². The van der Waals surface area contributed by atoms with Crippen molar-refractivity contribution in [2.75, 3.05) is 12.4 Å². The molecule has 0 saturated carbocycles. The van der Waals surface area contributed by atoms with Gasteiger partial charge in [0.1, 0.15) is 0 Å². The molecule has 5 nitrogen and oxygen atoms in total. The van der Waals surface area contributed by atoms with Gasteiger partial charge in [0.25, 0.3) is 0 Å². The van der Waals surface area contributed by atoms with Crippen LogP contribution < -0.4 is 0 Å². The fourth-order valence-corrected chi connectivity index (χ4v) is 2.84. The van der Waals surface area contributed by atoms with Crippen LogP contribution in [-0.2, 0) is 15.6 Å². The first-order valence-corrected chi connectivity index (χ1v) is 6.77. The van der Waals surface area contributed by atoms with Crippen molar-refractivity contribution in [3.63, 3.8) is 0 Å². The summed E-state index contributed by atoms with van der Waals surface area (Å²) in [6.07, 6.45) is -1.25. The standard InChI is InChI=1S/C11H13NO4S/c12-5-9-1-3-10(4-2-9)7-17(15,16)8-11(14)6-13/h1-4,11,13-14H,6-8H2. The highest BCUT2D eigenvalue weighted by molar-refractivity contribution is 7.90. The summed E-state index contributed by atoms with van der Waals surface area (Å²) in [5.41, 5.74) is 1.01. The van der Waals surface area contributed by atoms with Gasteiger partial charge in [0, 0.05) is 0 Å². The number of aliphatic hydroxyl groups is 2. The van der Waals surface area contributed by atoms with Crippen LogP contribution in [0.3, 0.4) is 0 Å². The van der Waals surface area contributed by atoms with Gasteiger partial charge in [-0.15, -0.1) is 0 Å². The first kappa shape index (κ1) is 13.6. The topological polar surface area (TPSA) is 98.4 Å². The Kier molecular flexibility index (Phi) is 4.63. The average molecular weight is 255 g/mol. The van der Waals surface area contributed by atoms with E-state index < -0.39 is 28.3 Å². The third-order valence-electron chi connectivity index (χ3n) is 2.13. The van der Waals surface area contributed by atoms with Gasteiger partial charge in [-0.3, -0.25) is 0 Å². The van der Waals surface area contributed by atoms with Crippen molar-refractivity contribution in [3.8, 4) is 6.07 Å². The van der Waals surface area contributed by atoms with E-state index in [1.807, 2.05) is 6.07 Å². The fraction of sp³-hybridized carbons (Fsp3) is 0.364. The minimum Gasteiger partial charge on any atom is -0.394 e. The third kappa shape index (κ3) is 4.53. The number of rotatable bonds is 5. The Hall–Kier alpha value is -1.42. The van der Waals surface area contributed by atoms with Gasteiger partial charge in [-0.1, -0.05) is 12.1 Å². The van der Waals surface area contributed by atoms with Gasteiger partial charge >= 0.3 is 0 Å². The van der Waals surface area contributed by atoms with Gasteiger partial charge in [0.05, 0.1) is 35.8 Å². The Balaban J connectivity index is 2.73. The van der Waals surface area contributed by atoms with Gasteiger partial charge in [-0.25, -0.2) is 8.42 Å². The lowest BCUT2D eigenvalue weighted by atomic mass is 10.2. The van der Waals surface area contributed by atoms with Crippen LogP contribution in [0.5, 0.6) is 0 Å². The van der Waals surface area contributed by atoms with Gasteiger partial charge in [0.15, 0.2) is 9.84 Å². The van der Waals surface area contributed by atoms with E-state index in [1.54, 1.807) is 12.1 Å². The summed E-state index contributed by atoms with van der Waals surface area (Å²) in [6, 6.07) is 8.12. The first-order chi connectivity index (χ1) is 7.96. The van der Waals surface area contributed by atoms with Crippen LogP contribution in [0.25, 0.3) is 0 Å². The molecule has 0 aromatic heterocycles. The monoisotopic (exact) mass is 255 g/mol. The Morgan fingerprint density at radius 1 is 1.29 bits per heavy atom. The van der Waals surface area contributed by atoms with Crippen LogP contribution in [0.1, 0.15) is 11.1 Å². The number of aliphatic hydroxyl groups excluding tert-OH is 2. The molecule has 0 aliphatic heterocycles. The zero-order chi connectivity index (χ0) is 12.9. The maximum atomic E-state index is 11.6. The SMILES string of the molecule is N#Cc1ccc(CS(=O)(=O)CC(O)CO)cc1. The van der Waals surface area contributed by atoms with Crippen molar-refractivity contribution in [3.05, 3.63) is 35.4 Å². The van der Waals surface area contributed by atoms with Crippen molar-refractivity contribution >= 4 is 9.84 Å². The van der Waals surface area contributed by atoms with E-state index in [0.717, 1.165) is 0 Å². The molecule has 0 saturated heterocycles. The summed E-state index contributed by atoms with van der Waals surface area (Å²) < 4.78 is 23.2. The van der Waals surface area contributed by atoms with E-state index >= 15 is 0 Å². The largest absolute Gasteiger partial charge is 0.394 e. The summed E-state index contributed by atoms with van der Waals surface area (Å²) in [4.78, 5) is 0. The maximum absolute atomic E-state index is 11.6. The van der Waals surface area contributed by atoms with E-state index in [4.69, 9.17) is 15.5 Å². The van der Waals surface area contributed by atoms with Gasteiger partial charge in [-0.2, -0.15) is 5.26 Å². The predicted molar refractivity (Wildman–Crippen MR) is 61.7 cm³/mol. The lowest BCUT2D eigenvalue weighted by molar-refractivity contribution is 0.112. The summed E-state index contributed by atoms with van der Waals surface area (Å²) in [7, 11) is -3.46. The molecule has 1 aromatic rings. The van der Waals surface area contributed by atoms with Crippen LogP contribution >= 0.6 is 0 Å². The van der Waals surface area contributed by atoms with Crippen molar-refractivity contribution in [1.82, 2.24) is 0 Å². The molecule has 0 heterocycles. The minimum absolute atomic E-state index is 0.213. The number of sulfone groups is 1. The summed E-state index contributed by atoms with van der Waals surface area (Å²) >= 11 is 0. The fourth-order valence-electron chi connectivity index (χ4n) is 1.33. The van der Waals surface area contributed by atoms with E-state index in [1.165, 1.54) is 12.1 Å². The molecule has 17 heavy (non-hydrogen) atoms. The number of benzene rings is 1. The zero-order valence-corrected chi connectivity index (χ0v) is 9.89. The van der Waals surface area contributed by atoms with Crippen molar-refractivity contribution in [1.29, 1.82) is 5.26 Å². The molecule has 0 aliphatic carbocycles. The summed E-state index contributed by atoms with van der Waals surface area (Å²) in [5, 5.41) is 26.2. The van der Waals surface area contributed by atoms with E-state index in [9.17, 15) is 8.42 Å². The van der Waals surface area contributed by atoms with E-state index in [-0.39, 0.29) is 5.75 Å². The minimum atomic E-state index is -3.46. The smallest absolute Gasteiger partial charge is 0.157 e. The predicted octanol–water partition coefficient (Wildman–Crippen LogP) is -0.174. The third-order valence-corrected chi connectivity index (χ3v) is 3.79. The van der Waals surface area contributed by atoms with Crippen molar-refractivity contribution < 1.29 is 18.6 Å². The molecule has 1 atom stereocenters. The maximum Gasteiger partial charge on any atom is 0.157 e. The number of hydrogen-bond acceptors (Lipinski definition) is 5. The van der Waals surface area contributed by atoms with Crippen LogP contribution in [-0.4, -0.2) is 37.1 Å². The second-order valence-corrected chi connectivity index (χ2v) is 5.81. The number of nitriles is 1. The second-order valence-electron chi connectivity index (χ2n) is 3.70. The normalized spacial score (nSPS) is 13.0. The Labute approximate surface area is 99.9 Å². The molecule has 0 amide bonds. The van der Waals surface area contributed by atoms with Crippen molar-refractivity contribution in [2.24, 2.45) is 0 Å². The highest BCUT2D eigenvalue weighted by Gasteiger charge is 2.17. The molecule has 1 rings (SSSR count). The molecule has 1 unspecified atom stereocenters. The zero-order valence-electron chi connectivity index (χ0n) is 9.07. The first-order valence-electron chi connectivity index (χ1n) is 4.95. The molecule has 0 radical (unpaired) electrons. The van der Waals surface area contributed by atoms with Gasteiger partial charge in [-0.05, 0) is 17.7 Å². The molecule has 0 aliphatic rings. The average Bonchev–Trinajstić information content (AvgIpc) is 2.28. The summed E-state index contributed by atoms with van der Waals surface area (Å²) in [5.74, 6) is -0.681. The molecule has 2 N–H and O–H groups in total. The quantitative estimate of drug-likeness (QED) is 0.761. The molecule has 0 bridgehead atoms. The van der Waals surface area contributed by atoms with Gasteiger partial charge < -0.3 is 10.2 Å². The lowest BCUT2D eigenvalue weighted by Crippen LogP contribution is -2.25. The molecular formula is C11H13NO4S. The Morgan fingerprint density at radius 2 is 1.88 bits per heavy atom. The van der Waals surface area contributed by atoms with Gasteiger partial charge in [0.2, 0.25) is 0 Å². The molecule has 6 heteroatoms. The molecule has 0 spiro atoms. The number of hydrogen-bond donors (Lipinski definition) is 2. The molecular weight excluding hydrogens is 242 g/mol. The van der Waals surface area contributed by atoms with E-state index in [0.29, 0.717) is 11.1 Å². The Bertz CT molecular complexity index is 501. The lowest BCUT2D eigenvalue weighted by Gasteiger charge is -2.08. The summed E-state index contributed by atoms with van der Waals surface area (Å²) in [6.45, 7) is -0.577. The highest BCUT2D eigenvalue weighted by Crippen LogP contribution is 2.09. The molecule has 92 valence electrons. The number of nitrogens with zero attached hydrogens (tertiary/aromatic N) is 1. The highest BCUT2D eigenvalue weighted by atomic mass is 32.2.